The molecule has 136 valence electrons. The van der Waals surface area contributed by atoms with Gasteiger partial charge >= 0.3 is 0 Å². The van der Waals surface area contributed by atoms with Gasteiger partial charge in [0.05, 0.1) is 23.3 Å². The lowest BCUT2D eigenvalue weighted by Gasteiger charge is -2.38. The second-order valence-electron chi connectivity index (χ2n) is 6.98. The van der Waals surface area contributed by atoms with Crippen LogP contribution in [0.2, 0.25) is 0 Å². The molecule has 2 aromatic heterocycles. The minimum Gasteiger partial charge on any atom is -0.487 e. The fourth-order valence-electron chi connectivity index (χ4n) is 3.35. The first-order valence-electron chi connectivity index (χ1n) is 8.25. The minimum atomic E-state index is -0.373. The van der Waals surface area contributed by atoms with E-state index in [2.05, 4.69) is 10.4 Å². The zero-order valence-electron chi connectivity index (χ0n) is 14.6. The van der Waals surface area contributed by atoms with Crippen LogP contribution >= 0.6 is 12.4 Å². The molecule has 0 bridgehead atoms. The summed E-state index contributed by atoms with van der Waals surface area (Å²) in [5.74, 6) is 0.605. The lowest BCUT2D eigenvalue weighted by Crippen LogP contribution is -2.41. The summed E-state index contributed by atoms with van der Waals surface area (Å²) in [7, 11) is 0. The van der Waals surface area contributed by atoms with E-state index in [1.54, 1.807) is 10.7 Å². The molecule has 0 aliphatic carbocycles. The van der Waals surface area contributed by atoms with Crippen molar-refractivity contribution in [3.63, 3.8) is 0 Å². The largest absolute Gasteiger partial charge is 0.487 e. The molecule has 3 heterocycles. The number of aromatic nitrogens is 2. The van der Waals surface area contributed by atoms with Gasteiger partial charge in [-0.05, 0) is 44.2 Å². The fraction of sp³-hybridized carbons (Fsp3) is 0.263. The van der Waals surface area contributed by atoms with E-state index in [4.69, 9.17) is 10.5 Å². The Bertz CT molecular complexity index is 967. The Labute approximate surface area is 157 Å². The zero-order chi connectivity index (χ0) is 17.6. The van der Waals surface area contributed by atoms with E-state index in [1.165, 1.54) is 0 Å². The lowest BCUT2D eigenvalue weighted by atomic mass is 9.89. The molecule has 6 nitrogen and oxygen atoms in total. The summed E-state index contributed by atoms with van der Waals surface area (Å²) in [6, 6.07) is 11.0. The molecule has 0 saturated carbocycles. The average Bonchev–Trinajstić information content (AvgIpc) is 2.99. The second-order valence-corrected chi connectivity index (χ2v) is 6.98. The van der Waals surface area contributed by atoms with E-state index in [1.807, 2.05) is 56.4 Å². The SMILES string of the molecule is CC1(C)CC(NC(=O)c2cnn3ccccc23)c2cc(N)ccc2O1.Cl. The second kappa shape index (κ2) is 6.53. The Morgan fingerprint density at radius 3 is 2.96 bits per heavy atom. The van der Waals surface area contributed by atoms with Crippen LogP contribution in [-0.2, 0) is 0 Å². The zero-order valence-corrected chi connectivity index (χ0v) is 15.4. The number of hydrogen-bond acceptors (Lipinski definition) is 4. The van der Waals surface area contributed by atoms with Gasteiger partial charge in [0.15, 0.2) is 0 Å². The Morgan fingerprint density at radius 1 is 1.35 bits per heavy atom. The number of fused-ring (bicyclic) bond motifs is 2. The number of carbonyl (C=O) groups is 1. The molecule has 1 atom stereocenters. The maximum Gasteiger partial charge on any atom is 0.255 e. The van der Waals surface area contributed by atoms with Gasteiger partial charge in [-0.1, -0.05) is 6.07 Å². The molecular weight excluding hydrogens is 352 g/mol. The van der Waals surface area contributed by atoms with E-state index in [-0.39, 0.29) is 30.0 Å². The van der Waals surface area contributed by atoms with Gasteiger partial charge in [-0.15, -0.1) is 12.4 Å². The number of nitrogens with zero attached hydrogens (tertiary/aromatic N) is 2. The number of ether oxygens (including phenoxy) is 1. The van der Waals surface area contributed by atoms with Crippen LogP contribution in [0.3, 0.4) is 0 Å². The Hall–Kier alpha value is -2.73. The van der Waals surface area contributed by atoms with E-state index in [9.17, 15) is 4.79 Å². The third-order valence-corrected chi connectivity index (χ3v) is 4.47. The van der Waals surface area contributed by atoms with Crippen molar-refractivity contribution in [3.05, 3.63) is 59.9 Å². The maximum atomic E-state index is 12.9. The standard InChI is InChI=1S/C19H20N4O2.ClH/c1-19(2)10-15(13-9-12(20)6-7-17(13)25-19)22-18(24)14-11-21-23-8-4-3-5-16(14)23;/h3-9,11,15H,10,20H2,1-2H3,(H,22,24);1H. The number of nitrogens with one attached hydrogen (secondary N) is 1. The molecule has 1 aromatic carbocycles. The molecule has 0 saturated heterocycles. The topological polar surface area (TPSA) is 81.7 Å². The number of anilines is 1. The van der Waals surface area contributed by atoms with Gasteiger partial charge in [-0.25, -0.2) is 4.52 Å². The number of pyridine rings is 1. The van der Waals surface area contributed by atoms with Gasteiger partial charge in [0.1, 0.15) is 11.4 Å². The van der Waals surface area contributed by atoms with E-state index in [0.29, 0.717) is 17.7 Å². The number of benzene rings is 1. The third kappa shape index (κ3) is 3.20. The van der Waals surface area contributed by atoms with Crippen LogP contribution in [0.5, 0.6) is 5.75 Å². The summed E-state index contributed by atoms with van der Waals surface area (Å²) in [6.07, 6.45) is 4.07. The Balaban J connectivity index is 0.00000196. The molecule has 4 rings (SSSR count). The molecule has 3 aromatic rings. The molecule has 1 amide bonds. The van der Waals surface area contributed by atoms with Gasteiger partial charge in [-0.2, -0.15) is 5.10 Å². The summed E-state index contributed by atoms with van der Waals surface area (Å²) in [4.78, 5) is 12.9. The molecule has 1 aliphatic rings. The highest BCUT2D eigenvalue weighted by Gasteiger charge is 2.35. The van der Waals surface area contributed by atoms with E-state index >= 15 is 0 Å². The van der Waals surface area contributed by atoms with Crippen LogP contribution in [0.1, 0.15) is 42.2 Å². The molecular formula is C19H21ClN4O2. The number of amides is 1. The number of nitrogens with two attached hydrogens (primary N) is 1. The summed E-state index contributed by atoms with van der Waals surface area (Å²) in [5, 5.41) is 7.36. The van der Waals surface area contributed by atoms with Crippen LogP contribution in [0.4, 0.5) is 5.69 Å². The summed E-state index contributed by atoms with van der Waals surface area (Å²) in [5.41, 5.74) is 8.44. The highest BCUT2D eigenvalue weighted by Crippen LogP contribution is 2.40. The highest BCUT2D eigenvalue weighted by atomic mass is 35.5. The van der Waals surface area contributed by atoms with Crippen LogP contribution in [0.25, 0.3) is 5.52 Å². The number of carbonyl (C=O) groups excluding carboxylic acids is 1. The Morgan fingerprint density at radius 2 is 2.15 bits per heavy atom. The van der Waals surface area contributed by atoms with Crippen molar-refractivity contribution in [1.29, 1.82) is 0 Å². The van der Waals surface area contributed by atoms with Gasteiger partial charge in [0, 0.05) is 23.9 Å². The Kier molecular flexibility index (Phi) is 4.54. The van der Waals surface area contributed by atoms with Crippen LogP contribution in [0.15, 0.2) is 48.8 Å². The molecule has 0 spiro atoms. The monoisotopic (exact) mass is 372 g/mol. The van der Waals surface area contributed by atoms with Crippen molar-refractivity contribution in [1.82, 2.24) is 14.9 Å². The molecule has 26 heavy (non-hydrogen) atoms. The van der Waals surface area contributed by atoms with Gasteiger partial charge in [-0.3, -0.25) is 4.79 Å². The number of halogens is 1. The minimum absolute atomic E-state index is 0. The van der Waals surface area contributed by atoms with Gasteiger partial charge in [0.25, 0.3) is 5.91 Å². The smallest absolute Gasteiger partial charge is 0.255 e. The summed E-state index contributed by atoms with van der Waals surface area (Å²) in [6.45, 7) is 4.03. The first-order chi connectivity index (χ1) is 11.9. The maximum absolute atomic E-state index is 12.9. The number of rotatable bonds is 2. The molecule has 3 N–H and O–H groups in total. The highest BCUT2D eigenvalue weighted by molar-refractivity contribution is 6.00. The van der Waals surface area contributed by atoms with Gasteiger partial charge in [0.2, 0.25) is 0 Å². The first-order valence-corrected chi connectivity index (χ1v) is 8.25. The van der Waals surface area contributed by atoms with Crippen molar-refractivity contribution in [2.24, 2.45) is 0 Å². The van der Waals surface area contributed by atoms with E-state index < -0.39 is 0 Å². The van der Waals surface area contributed by atoms with Crippen molar-refractivity contribution in [2.45, 2.75) is 31.9 Å². The molecule has 1 aliphatic heterocycles. The van der Waals surface area contributed by atoms with Crippen molar-refractivity contribution >= 4 is 29.5 Å². The third-order valence-electron chi connectivity index (χ3n) is 4.47. The lowest BCUT2D eigenvalue weighted by molar-refractivity contribution is 0.0620. The van der Waals surface area contributed by atoms with Crippen molar-refractivity contribution < 1.29 is 9.53 Å². The summed E-state index contributed by atoms with van der Waals surface area (Å²) < 4.78 is 7.71. The molecule has 7 heteroatoms. The van der Waals surface area contributed by atoms with Crippen molar-refractivity contribution in [2.75, 3.05) is 5.73 Å². The number of nitrogen functional groups attached to an aromatic ring is 1. The number of hydrogen-bond donors (Lipinski definition) is 2. The van der Waals surface area contributed by atoms with E-state index in [0.717, 1.165) is 16.8 Å². The fourth-order valence-corrected chi connectivity index (χ4v) is 3.35. The average molecular weight is 373 g/mol. The quantitative estimate of drug-likeness (QED) is 0.676. The predicted molar refractivity (Wildman–Crippen MR) is 103 cm³/mol. The molecule has 0 radical (unpaired) electrons. The van der Waals surface area contributed by atoms with Crippen molar-refractivity contribution in [3.8, 4) is 5.75 Å². The first kappa shape index (κ1) is 18.1. The predicted octanol–water partition coefficient (Wildman–Crippen LogP) is 3.37. The van der Waals surface area contributed by atoms with Gasteiger partial charge < -0.3 is 15.8 Å². The summed E-state index contributed by atoms with van der Waals surface area (Å²) >= 11 is 0. The molecule has 1 unspecified atom stereocenters. The van der Waals surface area contributed by atoms with Crippen LogP contribution in [-0.4, -0.2) is 21.1 Å². The molecule has 0 fully saturated rings. The normalized spacial score (nSPS) is 17.7. The van der Waals surface area contributed by atoms with Crippen LogP contribution in [0, 0.1) is 0 Å². The van der Waals surface area contributed by atoms with Crippen LogP contribution < -0.4 is 15.8 Å².